The summed E-state index contributed by atoms with van der Waals surface area (Å²) in [6, 6.07) is 0. The predicted octanol–water partition coefficient (Wildman–Crippen LogP) is 2.31. The molecule has 32 heavy (non-hydrogen) atoms. The molecule has 0 fully saturated rings. The average molecular weight is 477 g/mol. The van der Waals surface area contributed by atoms with Gasteiger partial charge in [0.15, 0.2) is 6.17 Å². The number of likely N-dealkylation sites (N-methyl/N-ethyl adjacent to an activating group) is 1. The summed E-state index contributed by atoms with van der Waals surface area (Å²) in [5.74, 6) is 0.0918. The summed E-state index contributed by atoms with van der Waals surface area (Å²) >= 11 is 0. The number of rotatable bonds is 21. The van der Waals surface area contributed by atoms with Gasteiger partial charge in [-0.1, -0.05) is 77.4 Å². The Morgan fingerprint density at radius 3 is 1.88 bits per heavy atom. The van der Waals surface area contributed by atoms with Crippen LogP contribution in [0, 0.1) is 0 Å². The summed E-state index contributed by atoms with van der Waals surface area (Å²) in [7, 11) is 3.96. The fourth-order valence-corrected chi connectivity index (χ4v) is 4.11. The van der Waals surface area contributed by atoms with Crippen molar-refractivity contribution in [2.45, 2.75) is 122 Å². The van der Waals surface area contributed by atoms with E-state index in [1.807, 2.05) is 21.0 Å². The second-order valence-electron chi connectivity index (χ2n) is 9.62. The third kappa shape index (κ3) is 18.9. The van der Waals surface area contributed by atoms with Crippen molar-refractivity contribution in [3.05, 3.63) is 12.2 Å². The zero-order valence-corrected chi connectivity index (χ0v) is 22.2. The van der Waals surface area contributed by atoms with Gasteiger partial charge in [-0.15, -0.1) is 0 Å². The van der Waals surface area contributed by atoms with E-state index >= 15 is 0 Å². The Morgan fingerprint density at radius 1 is 0.875 bits per heavy atom. The van der Waals surface area contributed by atoms with Crippen molar-refractivity contribution >= 4 is 5.91 Å². The molecule has 0 heterocycles. The number of hydrogen-bond acceptors (Lipinski definition) is 3. The first-order chi connectivity index (χ1) is 14.9. The van der Waals surface area contributed by atoms with Gasteiger partial charge in [0.25, 0.3) is 0 Å². The maximum atomic E-state index is 12.3. The van der Waals surface area contributed by atoms with E-state index in [2.05, 4.69) is 24.4 Å². The summed E-state index contributed by atoms with van der Waals surface area (Å²) in [5.41, 5.74) is 0. The number of allylic oxidation sites excluding steroid dienone is 2. The minimum atomic E-state index is -0.758. The van der Waals surface area contributed by atoms with Gasteiger partial charge in [0, 0.05) is 12.8 Å². The van der Waals surface area contributed by atoms with E-state index in [-0.39, 0.29) is 31.1 Å². The fourth-order valence-electron chi connectivity index (χ4n) is 4.11. The van der Waals surface area contributed by atoms with Crippen LogP contribution in [0.4, 0.5) is 0 Å². The lowest BCUT2D eigenvalue weighted by atomic mass is 10.1. The molecule has 0 aromatic rings. The van der Waals surface area contributed by atoms with Crippen molar-refractivity contribution in [1.82, 2.24) is 5.32 Å². The number of amides is 1. The Balaban J connectivity index is 0. The molecular weight excluding hydrogens is 424 g/mol. The van der Waals surface area contributed by atoms with E-state index in [0.29, 0.717) is 17.4 Å². The first kappa shape index (κ1) is 33.6. The molecule has 0 bridgehead atoms. The third-order valence-corrected chi connectivity index (χ3v) is 6.12. The van der Waals surface area contributed by atoms with Gasteiger partial charge in [-0.05, 0) is 32.1 Å². The Bertz CT molecular complexity index is 458. The number of halogens is 1. The molecule has 0 saturated carbocycles. The van der Waals surface area contributed by atoms with Crippen LogP contribution < -0.4 is 17.7 Å². The smallest absolute Gasteiger partial charge is 0.224 e. The molecule has 0 radical (unpaired) electrons. The predicted molar refractivity (Wildman–Crippen MR) is 132 cm³/mol. The summed E-state index contributed by atoms with van der Waals surface area (Å²) in [4.78, 5) is 12.3. The number of unbranched alkanes of at least 4 members (excludes halogenated alkanes) is 11. The quantitative estimate of drug-likeness (QED) is 0.103. The Kier molecular flexibility index (Phi) is 23.3. The molecule has 192 valence electrons. The van der Waals surface area contributed by atoms with Gasteiger partial charge < -0.3 is 32.4 Å². The van der Waals surface area contributed by atoms with E-state index in [9.17, 15) is 9.90 Å². The van der Waals surface area contributed by atoms with E-state index in [1.54, 1.807) is 0 Å². The van der Waals surface area contributed by atoms with Crippen molar-refractivity contribution in [1.29, 1.82) is 0 Å². The lowest BCUT2D eigenvalue weighted by molar-refractivity contribution is -0.920. The monoisotopic (exact) mass is 476 g/mol. The second-order valence-corrected chi connectivity index (χ2v) is 9.62. The van der Waals surface area contributed by atoms with Gasteiger partial charge in [-0.25, -0.2) is 0 Å². The van der Waals surface area contributed by atoms with E-state index in [1.165, 1.54) is 70.6 Å². The minimum Gasteiger partial charge on any atom is -1.00 e. The fraction of sp³-hybridized carbons (Fsp3) is 0.885. The highest BCUT2D eigenvalue weighted by Gasteiger charge is 2.30. The van der Waals surface area contributed by atoms with Crippen molar-refractivity contribution in [3.8, 4) is 0 Å². The number of nitrogens with one attached hydrogen (secondary N) is 1. The molecule has 3 N–H and O–H groups in total. The first-order valence-corrected chi connectivity index (χ1v) is 12.9. The topological polar surface area (TPSA) is 69.6 Å². The van der Waals surface area contributed by atoms with Crippen molar-refractivity contribution in [2.24, 2.45) is 0 Å². The molecule has 2 unspecified atom stereocenters. The zero-order chi connectivity index (χ0) is 23.4. The number of carbonyl (C=O) groups excluding carboxylic acids is 1. The molecule has 0 aromatic carbocycles. The SMILES string of the molecule is CCCCCCCC/C=C\CCCCCCCC(=O)NC(CC)[N+](C)(C)CC(O)CO.[Cl-]. The Morgan fingerprint density at radius 2 is 1.38 bits per heavy atom. The van der Waals surface area contributed by atoms with Crippen LogP contribution in [-0.2, 0) is 4.79 Å². The average Bonchev–Trinajstić information content (AvgIpc) is 2.74. The highest BCUT2D eigenvalue weighted by atomic mass is 35.5. The van der Waals surface area contributed by atoms with Crippen LogP contribution in [0.2, 0.25) is 0 Å². The van der Waals surface area contributed by atoms with Crippen molar-refractivity contribution in [2.75, 3.05) is 27.2 Å². The Hall–Kier alpha value is -0.620. The number of carbonyl (C=O) groups is 1. The van der Waals surface area contributed by atoms with Crippen LogP contribution in [0.5, 0.6) is 0 Å². The van der Waals surface area contributed by atoms with Crippen LogP contribution in [-0.4, -0.2) is 60.1 Å². The minimum absolute atomic E-state index is 0. The standard InChI is InChI=1S/C26H52N2O3.ClH/c1-5-7-8-9-10-11-12-13-14-15-16-17-18-19-20-21-26(31)27-25(6-2)28(3,4)22-24(30)23-29;/h13-14,24-25,29-30H,5-12,15-23H2,1-4H3;1H/b14-13-;. The van der Waals surface area contributed by atoms with Gasteiger partial charge in [0.2, 0.25) is 5.91 Å². The molecule has 6 heteroatoms. The molecule has 0 aliphatic carbocycles. The van der Waals surface area contributed by atoms with Crippen LogP contribution in [0.15, 0.2) is 12.2 Å². The van der Waals surface area contributed by atoms with Gasteiger partial charge in [-0.3, -0.25) is 4.79 Å². The second kappa shape index (κ2) is 22.2. The molecule has 1 amide bonds. The van der Waals surface area contributed by atoms with E-state index < -0.39 is 6.10 Å². The molecule has 5 nitrogen and oxygen atoms in total. The van der Waals surface area contributed by atoms with Gasteiger partial charge in [0.1, 0.15) is 12.6 Å². The van der Waals surface area contributed by atoms with Crippen LogP contribution >= 0.6 is 0 Å². The molecule has 0 saturated heterocycles. The normalized spacial score (nSPS) is 13.7. The molecule has 0 aliphatic heterocycles. The van der Waals surface area contributed by atoms with Gasteiger partial charge in [0.05, 0.1) is 20.7 Å². The highest BCUT2D eigenvalue weighted by Crippen LogP contribution is 2.12. The lowest BCUT2D eigenvalue weighted by Crippen LogP contribution is -3.00. The number of aliphatic hydroxyl groups is 2. The molecule has 0 aliphatic rings. The zero-order valence-electron chi connectivity index (χ0n) is 21.5. The molecular formula is C26H53ClN2O3. The molecule has 0 rings (SSSR count). The lowest BCUT2D eigenvalue weighted by Gasteiger charge is -2.39. The van der Waals surface area contributed by atoms with Gasteiger partial charge >= 0.3 is 0 Å². The number of quaternary nitrogens is 1. The summed E-state index contributed by atoms with van der Waals surface area (Å²) < 4.78 is 0.469. The number of hydrogen-bond donors (Lipinski definition) is 3. The Labute approximate surface area is 205 Å². The summed E-state index contributed by atoms with van der Waals surface area (Å²) in [6.45, 7) is 4.47. The number of aliphatic hydroxyl groups excluding tert-OH is 2. The third-order valence-electron chi connectivity index (χ3n) is 6.12. The molecule has 0 spiro atoms. The van der Waals surface area contributed by atoms with Gasteiger partial charge in [-0.2, -0.15) is 0 Å². The van der Waals surface area contributed by atoms with Crippen molar-refractivity contribution in [3.63, 3.8) is 0 Å². The van der Waals surface area contributed by atoms with E-state index in [4.69, 9.17) is 5.11 Å². The first-order valence-electron chi connectivity index (χ1n) is 12.9. The number of nitrogens with zero attached hydrogens (tertiary/aromatic N) is 1. The largest absolute Gasteiger partial charge is 1.00 e. The molecule has 0 aromatic heterocycles. The van der Waals surface area contributed by atoms with Crippen LogP contribution in [0.1, 0.15) is 110 Å². The maximum absolute atomic E-state index is 12.3. The highest BCUT2D eigenvalue weighted by molar-refractivity contribution is 5.75. The maximum Gasteiger partial charge on any atom is 0.224 e. The summed E-state index contributed by atoms with van der Waals surface area (Å²) in [5, 5.41) is 21.9. The van der Waals surface area contributed by atoms with Crippen LogP contribution in [0.3, 0.4) is 0 Å². The van der Waals surface area contributed by atoms with E-state index in [0.717, 1.165) is 19.3 Å². The van der Waals surface area contributed by atoms with Crippen molar-refractivity contribution < 1.29 is 31.9 Å². The summed E-state index contributed by atoms with van der Waals surface area (Å²) in [6.07, 6.45) is 21.6. The molecule has 2 atom stereocenters. The van der Waals surface area contributed by atoms with Crippen LogP contribution in [0.25, 0.3) is 0 Å².